The van der Waals surface area contributed by atoms with Crippen LogP contribution in [0.1, 0.15) is 13.8 Å². The molecule has 1 unspecified atom stereocenters. The van der Waals surface area contributed by atoms with Crippen LogP contribution in [0.4, 0.5) is 0 Å². The molecule has 2 rings (SSSR count). The molecule has 5 heteroatoms. The van der Waals surface area contributed by atoms with Crippen LogP contribution >= 0.6 is 0 Å². The third-order valence-electron chi connectivity index (χ3n) is 3.84. The van der Waals surface area contributed by atoms with E-state index in [2.05, 4.69) is 20.4 Å². The van der Waals surface area contributed by atoms with Gasteiger partial charge in [-0.25, -0.2) is 0 Å². The van der Waals surface area contributed by atoms with Crippen LogP contribution in [-0.2, 0) is 4.79 Å². The fourth-order valence-corrected chi connectivity index (χ4v) is 2.57. The number of likely N-dealkylation sites (N-methyl/N-ethyl adjacent to an activating group) is 1. The van der Waals surface area contributed by atoms with Crippen LogP contribution in [0.5, 0.6) is 0 Å². The van der Waals surface area contributed by atoms with Crippen molar-refractivity contribution < 1.29 is 4.79 Å². The molecule has 0 saturated carbocycles. The highest BCUT2D eigenvalue weighted by Gasteiger charge is 2.36. The first-order valence-corrected chi connectivity index (χ1v) is 6.69. The second-order valence-corrected chi connectivity index (χ2v) is 4.96. The summed E-state index contributed by atoms with van der Waals surface area (Å²) in [5.74, 6) is 0.159. The maximum Gasteiger partial charge on any atom is 0.237 e. The van der Waals surface area contributed by atoms with Crippen molar-refractivity contribution in [2.75, 3.05) is 45.8 Å². The number of carbonyl (C=O) groups excluding carboxylic acids is 1. The molecule has 2 aliphatic heterocycles. The van der Waals surface area contributed by atoms with E-state index in [4.69, 9.17) is 0 Å². The summed E-state index contributed by atoms with van der Waals surface area (Å²) < 4.78 is 0. The van der Waals surface area contributed by atoms with Crippen molar-refractivity contribution in [1.82, 2.24) is 20.4 Å². The molecule has 0 aromatic rings. The number of piperazine rings is 1. The van der Waals surface area contributed by atoms with E-state index in [0.29, 0.717) is 6.04 Å². The molecule has 2 aliphatic rings. The van der Waals surface area contributed by atoms with Crippen molar-refractivity contribution in [3.8, 4) is 0 Å². The summed E-state index contributed by atoms with van der Waals surface area (Å²) in [4.78, 5) is 16.5. The zero-order chi connectivity index (χ0) is 12.3. The minimum atomic E-state index is 0.0223. The summed E-state index contributed by atoms with van der Waals surface area (Å²) in [6.07, 6.45) is 0. The van der Waals surface area contributed by atoms with E-state index in [1.807, 2.05) is 13.8 Å². The summed E-state index contributed by atoms with van der Waals surface area (Å²) in [5, 5.41) is 6.25. The Labute approximate surface area is 104 Å². The first kappa shape index (κ1) is 12.8. The van der Waals surface area contributed by atoms with E-state index in [0.717, 1.165) is 45.8 Å². The summed E-state index contributed by atoms with van der Waals surface area (Å²) in [5.41, 5.74) is 0. The maximum atomic E-state index is 11.7. The third-order valence-corrected chi connectivity index (χ3v) is 3.84. The molecular weight excluding hydrogens is 216 g/mol. The van der Waals surface area contributed by atoms with Crippen LogP contribution in [0.2, 0.25) is 0 Å². The average Bonchev–Trinajstić information content (AvgIpc) is 2.28. The minimum absolute atomic E-state index is 0.0223. The molecule has 0 bridgehead atoms. The molecule has 0 aromatic heterocycles. The topological polar surface area (TPSA) is 47.6 Å². The maximum absolute atomic E-state index is 11.7. The molecule has 1 amide bonds. The van der Waals surface area contributed by atoms with Crippen LogP contribution in [0.15, 0.2) is 0 Å². The Kier molecular flexibility index (Phi) is 4.36. The van der Waals surface area contributed by atoms with Gasteiger partial charge in [0.15, 0.2) is 0 Å². The zero-order valence-electron chi connectivity index (χ0n) is 10.9. The van der Waals surface area contributed by atoms with Crippen LogP contribution < -0.4 is 10.6 Å². The SMILES string of the molecule is CCNC(=O)C(C)N1CC(N2CCNCC2)C1. The van der Waals surface area contributed by atoms with E-state index in [1.165, 1.54) is 0 Å². The number of rotatable bonds is 4. The molecule has 0 aromatic carbocycles. The summed E-state index contributed by atoms with van der Waals surface area (Å²) in [6, 6.07) is 0.683. The molecule has 17 heavy (non-hydrogen) atoms. The highest BCUT2D eigenvalue weighted by atomic mass is 16.2. The van der Waals surface area contributed by atoms with Gasteiger partial charge in [0.2, 0.25) is 5.91 Å². The average molecular weight is 240 g/mol. The molecule has 5 nitrogen and oxygen atoms in total. The zero-order valence-corrected chi connectivity index (χ0v) is 10.9. The molecule has 98 valence electrons. The van der Waals surface area contributed by atoms with Gasteiger partial charge in [-0.1, -0.05) is 0 Å². The van der Waals surface area contributed by atoms with Gasteiger partial charge in [-0.05, 0) is 13.8 Å². The lowest BCUT2D eigenvalue weighted by molar-refractivity contribution is -0.129. The lowest BCUT2D eigenvalue weighted by atomic mass is 10.0. The van der Waals surface area contributed by atoms with Crippen LogP contribution in [0.25, 0.3) is 0 Å². The van der Waals surface area contributed by atoms with Gasteiger partial charge < -0.3 is 10.6 Å². The largest absolute Gasteiger partial charge is 0.355 e. The number of hydrogen-bond donors (Lipinski definition) is 2. The molecule has 2 fully saturated rings. The van der Waals surface area contributed by atoms with Crippen LogP contribution in [0.3, 0.4) is 0 Å². The van der Waals surface area contributed by atoms with Gasteiger partial charge in [0, 0.05) is 51.9 Å². The van der Waals surface area contributed by atoms with E-state index in [9.17, 15) is 4.79 Å². The Hall–Kier alpha value is -0.650. The molecule has 2 saturated heterocycles. The summed E-state index contributed by atoms with van der Waals surface area (Å²) >= 11 is 0. The van der Waals surface area contributed by atoms with E-state index < -0.39 is 0 Å². The number of nitrogens with one attached hydrogen (secondary N) is 2. The molecule has 0 radical (unpaired) electrons. The summed E-state index contributed by atoms with van der Waals surface area (Å²) in [6.45, 7) is 11.3. The standard InChI is InChI=1S/C12H24N4O/c1-3-14-12(17)10(2)16-8-11(9-16)15-6-4-13-5-7-15/h10-11,13H,3-9H2,1-2H3,(H,14,17). The lowest BCUT2D eigenvalue weighted by Gasteiger charge is -2.48. The fourth-order valence-electron chi connectivity index (χ4n) is 2.57. The molecule has 0 spiro atoms. The van der Waals surface area contributed by atoms with Gasteiger partial charge in [0.1, 0.15) is 0 Å². The van der Waals surface area contributed by atoms with Crippen molar-refractivity contribution >= 4 is 5.91 Å². The Morgan fingerprint density at radius 2 is 2.06 bits per heavy atom. The van der Waals surface area contributed by atoms with Crippen molar-refractivity contribution in [2.45, 2.75) is 25.9 Å². The van der Waals surface area contributed by atoms with Gasteiger partial charge in [-0.2, -0.15) is 0 Å². The van der Waals surface area contributed by atoms with Crippen molar-refractivity contribution in [3.05, 3.63) is 0 Å². The van der Waals surface area contributed by atoms with Crippen molar-refractivity contribution in [1.29, 1.82) is 0 Å². The molecular formula is C12H24N4O. The first-order chi connectivity index (χ1) is 8.22. The summed E-state index contributed by atoms with van der Waals surface area (Å²) in [7, 11) is 0. The fraction of sp³-hybridized carbons (Fsp3) is 0.917. The second-order valence-electron chi connectivity index (χ2n) is 4.96. The lowest BCUT2D eigenvalue weighted by Crippen LogP contribution is -2.66. The van der Waals surface area contributed by atoms with E-state index in [1.54, 1.807) is 0 Å². The van der Waals surface area contributed by atoms with Crippen molar-refractivity contribution in [3.63, 3.8) is 0 Å². The number of carbonyl (C=O) groups is 1. The smallest absolute Gasteiger partial charge is 0.237 e. The molecule has 0 aliphatic carbocycles. The molecule has 2 N–H and O–H groups in total. The van der Waals surface area contributed by atoms with Crippen LogP contribution in [-0.4, -0.2) is 73.6 Å². The van der Waals surface area contributed by atoms with Gasteiger partial charge >= 0.3 is 0 Å². The second kappa shape index (κ2) is 5.80. The molecule has 1 atom stereocenters. The number of likely N-dealkylation sites (tertiary alicyclic amines) is 1. The Morgan fingerprint density at radius 1 is 1.41 bits per heavy atom. The predicted octanol–water partition coefficient (Wildman–Crippen LogP) is -0.900. The number of nitrogens with zero attached hydrogens (tertiary/aromatic N) is 2. The van der Waals surface area contributed by atoms with Gasteiger partial charge in [-0.3, -0.25) is 14.6 Å². The highest BCUT2D eigenvalue weighted by Crippen LogP contribution is 2.18. The quantitative estimate of drug-likeness (QED) is 0.669. The first-order valence-electron chi connectivity index (χ1n) is 6.69. The number of amides is 1. The normalized spacial score (nSPS) is 25.3. The van der Waals surface area contributed by atoms with Crippen LogP contribution in [0, 0.1) is 0 Å². The monoisotopic (exact) mass is 240 g/mol. The van der Waals surface area contributed by atoms with Gasteiger partial charge in [0.05, 0.1) is 6.04 Å². The molecule has 2 heterocycles. The predicted molar refractivity (Wildman–Crippen MR) is 67.9 cm³/mol. The third kappa shape index (κ3) is 2.97. The Morgan fingerprint density at radius 3 is 2.65 bits per heavy atom. The minimum Gasteiger partial charge on any atom is -0.355 e. The Bertz CT molecular complexity index is 259. The van der Waals surface area contributed by atoms with E-state index >= 15 is 0 Å². The number of hydrogen-bond acceptors (Lipinski definition) is 4. The highest BCUT2D eigenvalue weighted by molar-refractivity contribution is 5.81. The van der Waals surface area contributed by atoms with Gasteiger partial charge in [-0.15, -0.1) is 0 Å². The Balaban J connectivity index is 1.72. The van der Waals surface area contributed by atoms with Gasteiger partial charge in [0.25, 0.3) is 0 Å². The van der Waals surface area contributed by atoms with Crippen molar-refractivity contribution in [2.24, 2.45) is 0 Å². The van der Waals surface area contributed by atoms with E-state index in [-0.39, 0.29) is 11.9 Å².